The van der Waals surface area contributed by atoms with Gasteiger partial charge in [0.25, 0.3) is 5.79 Å². The normalized spacial score (nSPS) is 27.8. The van der Waals surface area contributed by atoms with E-state index in [1.807, 2.05) is 30.5 Å². The van der Waals surface area contributed by atoms with E-state index >= 15 is 0 Å². The summed E-state index contributed by atoms with van der Waals surface area (Å²) in [5.74, 6) is -1.09. The number of fused-ring (bicyclic) bond motifs is 4. The number of ether oxygens (including phenoxy) is 2. The van der Waals surface area contributed by atoms with Gasteiger partial charge in [-0.1, -0.05) is 23.4 Å². The zero-order valence-corrected chi connectivity index (χ0v) is 14.6. The number of nitrogens with one attached hydrogen (secondary N) is 1. The van der Waals surface area contributed by atoms with Crippen LogP contribution in [0.25, 0.3) is 22.2 Å². The molecule has 0 unspecified atom stereocenters. The highest BCUT2D eigenvalue weighted by Gasteiger charge is 2.58. The monoisotopic (exact) mass is 357 g/mol. The fourth-order valence-electron chi connectivity index (χ4n) is 4.05. The Kier molecular flexibility index (Phi) is 3.15. The van der Waals surface area contributed by atoms with E-state index in [4.69, 9.17) is 14.6 Å². The first-order valence-corrected chi connectivity index (χ1v) is 8.66. The van der Waals surface area contributed by atoms with Crippen LogP contribution in [0.3, 0.4) is 0 Å². The summed E-state index contributed by atoms with van der Waals surface area (Å²) in [4.78, 5) is 3.24. The number of aliphatic hydroxyl groups is 1. The largest absolute Gasteiger partial charge is 0.420 e. The molecule has 0 saturated carbocycles. The van der Waals surface area contributed by atoms with E-state index in [1.165, 1.54) is 0 Å². The maximum Gasteiger partial charge on any atom is 0.269 e. The van der Waals surface area contributed by atoms with Crippen LogP contribution in [0, 0.1) is 0 Å². The first-order chi connectivity index (χ1) is 12.4. The lowest BCUT2D eigenvalue weighted by Gasteiger charge is -2.21. The predicted octanol–water partition coefficient (Wildman–Crippen LogP) is 1.22. The average molecular weight is 357 g/mol. The SMILES string of the molecule is CC(C)([OH2+])O[C@@H]1C[C@@]2(O)c3c(-c4c[nH]c5ccccc45)nnn3C[C@H]2O1. The second-order valence-corrected chi connectivity index (χ2v) is 7.53. The van der Waals surface area contributed by atoms with Gasteiger partial charge < -0.3 is 19.9 Å². The highest BCUT2D eigenvalue weighted by Crippen LogP contribution is 2.48. The van der Waals surface area contributed by atoms with Crippen molar-refractivity contribution in [2.45, 2.75) is 50.6 Å². The molecule has 1 fully saturated rings. The molecule has 136 valence electrons. The zero-order valence-electron chi connectivity index (χ0n) is 14.6. The van der Waals surface area contributed by atoms with Crippen LogP contribution in [0.15, 0.2) is 30.5 Å². The Labute approximate surface area is 149 Å². The van der Waals surface area contributed by atoms with Crippen molar-refractivity contribution < 1.29 is 19.7 Å². The van der Waals surface area contributed by atoms with Crippen LogP contribution < -0.4 is 0 Å². The number of hydrogen-bond acceptors (Lipinski definition) is 5. The van der Waals surface area contributed by atoms with E-state index in [2.05, 4.69) is 15.3 Å². The Morgan fingerprint density at radius 3 is 3.04 bits per heavy atom. The summed E-state index contributed by atoms with van der Waals surface area (Å²) in [6.45, 7) is 3.72. The van der Waals surface area contributed by atoms with Gasteiger partial charge in [-0.25, -0.2) is 4.68 Å². The Morgan fingerprint density at radius 2 is 2.23 bits per heavy atom. The highest BCUT2D eigenvalue weighted by atomic mass is 16.7. The number of rotatable bonds is 3. The van der Waals surface area contributed by atoms with Gasteiger partial charge in [0.2, 0.25) is 0 Å². The molecule has 2 aliphatic heterocycles. The van der Waals surface area contributed by atoms with Gasteiger partial charge in [0.1, 0.15) is 23.1 Å². The van der Waals surface area contributed by atoms with Gasteiger partial charge in [0, 0.05) is 42.9 Å². The molecular weight excluding hydrogens is 336 g/mol. The quantitative estimate of drug-likeness (QED) is 0.541. The second kappa shape index (κ2) is 5.14. The van der Waals surface area contributed by atoms with Crippen LogP contribution in [0.5, 0.6) is 0 Å². The fourth-order valence-corrected chi connectivity index (χ4v) is 4.05. The number of aromatic amines is 1. The summed E-state index contributed by atoms with van der Waals surface area (Å²) in [5.41, 5.74) is 1.99. The molecule has 8 heteroatoms. The van der Waals surface area contributed by atoms with Crippen LogP contribution in [-0.4, -0.2) is 48.4 Å². The first kappa shape index (κ1) is 16.0. The van der Waals surface area contributed by atoms with Crippen LogP contribution in [0.1, 0.15) is 26.0 Å². The van der Waals surface area contributed by atoms with E-state index in [9.17, 15) is 5.11 Å². The zero-order chi connectivity index (χ0) is 18.1. The Hall–Kier alpha value is -2.26. The molecule has 0 amide bonds. The van der Waals surface area contributed by atoms with Crippen LogP contribution >= 0.6 is 0 Å². The summed E-state index contributed by atoms with van der Waals surface area (Å²) in [6.07, 6.45) is 1.06. The van der Waals surface area contributed by atoms with Crippen LogP contribution in [0.2, 0.25) is 0 Å². The summed E-state index contributed by atoms with van der Waals surface area (Å²) >= 11 is 0. The van der Waals surface area contributed by atoms with Crippen LogP contribution in [0.4, 0.5) is 0 Å². The third kappa shape index (κ3) is 2.23. The number of para-hydroxylation sites is 1. The van der Waals surface area contributed by atoms with Crippen LogP contribution in [-0.2, 0) is 21.6 Å². The molecule has 0 bridgehead atoms. The Balaban J connectivity index is 1.57. The minimum Gasteiger partial charge on any atom is -0.420 e. The number of H-pyrrole nitrogens is 1. The van der Waals surface area contributed by atoms with Gasteiger partial charge in [0.05, 0.1) is 6.54 Å². The summed E-state index contributed by atoms with van der Waals surface area (Å²) in [7, 11) is 0. The third-order valence-electron chi connectivity index (χ3n) is 5.08. The molecule has 3 atom stereocenters. The topological polar surface area (TPSA) is 108 Å². The number of hydrogen-bond donors (Lipinski definition) is 2. The maximum absolute atomic E-state index is 11.4. The van der Waals surface area contributed by atoms with Crippen molar-refractivity contribution in [3.8, 4) is 11.3 Å². The molecule has 3 aromatic rings. The van der Waals surface area contributed by atoms with Crippen molar-refractivity contribution in [1.29, 1.82) is 0 Å². The van der Waals surface area contributed by atoms with Gasteiger partial charge in [-0.05, 0) is 6.07 Å². The first-order valence-electron chi connectivity index (χ1n) is 8.66. The van der Waals surface area contributed by atoms with Gasteiger partial charge in [-0.15, -0.1) is 5.10 Å². The van der Waals surface area contributed by atoms with E-state index in [0.29, 0.717) is 17.9 Å². The van der Waals surface area contributed by atoms with Gasteiger partial charge >= 0.3 is 0 Å². The van der Waals surface area contributed by atoms with Gasteiger partial charge in [-0.2, -0.15) is 0 Å². The smallest absolute Gasteiger partial charge is 0.269 e. The van der Waals surface area contributed by atoms with Gasteiger partial charge in [0.15, 0.2) is 6.29 Å². The number of nitrogens with zero attached hydrogens (tertiary/aromatic N) is 3. The van der Waals surface area contributed by atoms with E-state index in [-0.39, 0.29) is 6.42 Å². The molecular formula is C18H21N4O4+. The fraction of sp³-hybridized carbons (Fsp3) is 0.444. The molecule has 8 nitrogen and oxygen atoms in total. The molecule has 26 heavy (non-hydrogen) atoms. The standard InChI is InChI=1S/C18H20N4O4/c1-17(2,23)26-14-7-18(24)13(25-14)9-22-16(18)15(20-21-22)11-8-19-12-6-4-3-5-10(11)12/h3-6,8,13-14,19,23-24H,7,9H2,1-2H3/p+1/t13-,14-,18+/m1/s1. The lowest BCUT2D eigenvalue weighted by molar-refractivity contribution is -0.269. The van der Waals surface area contributed by atoms with E-state index in [1.54, 1.807) is 18.5 Å². The second-order valence-electron chi connectivity index (χ2n) is 7.53. The number of benzene rings is 1. The molecule has 2 aliphatic rings. The minimum absolute atomic E-state index is 0.253. The Morgan fingerprint density at radius 1 is 1.42 bits per heavy atom. The highest BCUT2D eigenvalue weighted by molar-refractivity contribution is 5.95. The van der Waals surface area contributed by atoms with Crippen molar-refractivity contribution in [2.24, 2.45) is 0 Å². The molecule has 1 saturated heterocycles. The van der Waals surface area contributed by atoms with Crippen molar-refractivity contribution in [3.05, 3.63) is 36.2 Å². The minimum atomic E-state index is -1.23. The lowest BCUT2D eigenvalue weighted by Crippen LogP contribution is -2.32. The predicted molar refractivity (Wildman–Crippen MR) is 93.3 cm³/mol. The average Bonchev–Trinajstić information content (AvgIpc) is 3.25. The molecule has 4 N–H and O–H groups in total. The van der Waals surface area contributed by atoms with Crippen molar-refractivity contribution >= 4 is 10.9 Å². The third-order valence-corrected chi connectivity index (χ3v) is 5.08. The van der Waals surface area contributed by atoms with E-state index in [0.717, 1.165) is 16.5 Å². The molecule has 4 heterocycles. The summed E-state index contributed by atoms with van der Waals surface area (Å²) < 4.78 is 13.2. The van der Waals surface area contributed by atoms with E-state index < -0.39 is 23.8 Å². The summed E-state index contributed by atoms with van der Waals surface area (Å²) in [6, 6.07) is 7.96. The summed E-state index contributed by atoms with van der Waals surface area (Å²) in [5, 5.41) is 28.9. The van der Waals surface area contributed by atoms with Gasteiger partial charge in [-0.3, -0.25) is 4.74 Å². The maximum atomic E-state index is 11.4. The van der Waals surface area contributed by atoms with Crippen molar-refractivity contribution in [1.82, 2.24) is 20.0 Å². The number of aromatic nitrogens is 4. The molecule has 0 radical (unpaired) electrons. The molecule has 5 rings (SSSR count). The van der Waals surface area contributed by atoms with Crippen molar-refractivity contribution in [2.75, 3.05) is 0 Å². The molecule has 0 spiro atoms. The Bertz CT molecular complexity index is 989. The van der Waals surface area contributed by atoms with Crippen molar-refractivity contribution in [3.63, 3.8) is 0 Å². The lowest BCUT2D eigenvalue weighted by atomic mass is 9.91. The molecule has 2 aromatic heterocycles. The molecule has 0 aliphatic carbocycles. The molecule has 1 aromatic carbocycles.